The number of hydrogen-bond donors (Lipinski definition) is 1. The summed E-state index contributed by atoms with van der Waals surface area (Å²) in [5.74, 6) is 0. The average Bonchev–Trinajstić information content (AvgIpc) is 2.39. The smallest absolute Gasteiger partial charge is 0.0900 e. The largest absolute Gasteiger partial charge is 0.389 e. The van der Waals surface area contributed by atoms with Gasteiger partial charge in [-0.3, -0.25) is 0 Å². The van der Waals surface area contributed by atoms with Crippen LogP contribution in [0.2, 0.25) is 5.02 Å². The van der Waals surface area contributed by atoms with Gasteiger partial charge in [-0.15, -0.1) is 0 Å². The van der Waals surface area contributed by atoms with Gasteiger partial charge in [0.05, 0.1) is 18.8 Å². The van der Waals surface area contributed by atoms with Crippen molar-refractivity contribution in [2.24, 2.45) is 0 Å². The van der Waals surface area contributed by atoms with E-state index in [-0.39, 0.29) is 6.10 Å². The molecule has 1 aromatic carbocycles. The van der Waals surface area contributed by atoms with Crippen LogP contribution in [0.4, 0.5) is 0 Å². The van der Waals surface area contributed by atoms with Gasteiger partial charge in [-0.1, -0.05) is 23.7 Å². The van der Waals surface area contributed by atoms with Crippen LogP contribution in [0.3, 0.4) is 0 Å². The van der Waals surface area contributed by atoms with E-state index in [9.17, 15) is 5.11 Å². The lowest BCUT2D eigenvalue weighted by Crippen LogP contribution is -2.39. The van der Waals surface area contributed by atoms with Crippen LogP contribution >= 0.6 is 11.6 Å². The van der Waals surface area contributed by atoms with E-state index < -0.39 is 6.10 Å². The summed E-state index contributed by atoms with van der Waals surface area (Å²) in [6.45, 7) is 7.10. The molecule has 1 aromatic rings. The number of likely N-dealkylation sites (N-methyl/N-ethyl adjacent to an activating group) is 1. The molecule has 0 aliphatic heterocycles. The lowest BCUT2D eigenvalue weighted by molar-refractivity contribution is -0.00932. The van der Waals surface area contributed by atoms with Crippen molar-refractivity contribution in [1.82, 2.24) is 4.90 Å². The molecule has 0 amide bonds. The highest BCUT2D eigenvalue weighted by atomic mass is 35.5. The summed E-state index contributed by atoms with van der Waals surface area (Å²) in [6, 6.07) is 8.27. The van der Waals surface area contributed by atoms with Crippen LogP contribution in [0.5, 0.6) is 0 Å². The van der Waals surface area contributed by atoms with Crippen molar-refractivity contribution >= 4 is 11.6 Å². The Morgan fingerprint density at radius 3 is 2.35 bits per heavy atom. The normalized spacial score (nSPS) is 14.8. The summed E-state index contributed by atoms with van der Waals surface area (Å²) in [7, 11) is 2.03. The molecule has 1 N–H and O–H groups in total. The first-order valence-electron chi connectivity index (χ1n) is 7.12. The fourth-order valence-corrected chi connectivity index (χ4v) is 2.11. The molecular formula is C16H26ClNO2. The van der Waals surface area contributed by atoms with Crippen LogP contribution in [0.1, 0.15) is 26.3 Å². The van der Waals surface area contributed by atoms with E-state index in [0.717, 1.165) is 11.4 Å². The number of hydrogen-bond acceptors (Lipinski definition) is 3. The molecule has 0 fully saturated rings. The maximum Gasteiger partial charge on any atom is 0.0900 e. The molecular weight excluding hydrogens is 274 g/mol. The van der Waals surface area contributed by atoms with Crippen LogP contribution in [-0.4, -0.2) is 48.5 Å². The topological polar surface area (TPSA) is 32.7 Å². The molecule has 0 spiro atoms. The van der Waals surface area contributed by atoms with Crippen molar-refractivity contribution in [2.75, 3.05) is 20.2 Å². The molecule has 20 heavy (non-hydrogen) atoms. The Bertz CT molecular complexity index is 381. The number of halogens is 1. The predicted octanol–water partition coefficient (Wildman–Crippen LogP) is 2.99. The van der Waals surface area contributed by atoms with Gasteiger partial charge in [0.1, 0.15) is 0 Å². The van der Waals surface area contributed by atoms with Crippen molar-refractivity contribution in [2.45, 2.75) is 45.4 Å². The quantitative estimate of drug-likeness (QED) is 0.801. The molecule has 3 nitrogen and oxygen atoms in total. The predicted molar refractivity (Wildman–Crippen MR) is 84.3 cm³/mol. The summed E-state index contributed by atoms with van der Waals surface area (Å²) >= 11 is 5.88. The molecule has 0 aliphatic rings. The zero-order valence-corrected chi connectivity index (χ0v) is 13.6. The third kappa shape index (κ3) is 6.71. The summed E-state index contributed by atoms with van der Waals surface area (Å²) in [5, 5.41) is 10.7. The highest BCUT2D eigenvalue weighted by Gasteiger charge is 2.15. The summed E-state index contributed by atoms with van der Waals surface area (Å²) < 4.78 is 5.42. The fourth-order valence-electron chi connectivity index (χ4n) is 1.99. The van der Waals surface area contributed by atoms with Crippen LogP contribution < -0.4 is 0 Å². The Kier molecular flexibility index (Phi) is 7.52. The van der Waals surface area contributed by atoms with Crippen molar-refractivity contribution < 1.29 is 9.84 Å². The monoisotopic (exact) mass is 299 g/mol. The summed E-state index contributed by atoms with van der Waals surface area (Å²) in [5.41, 5.74) is 1.25. The Morgan fingerprint density at radius 1 is 1.20 bits per heavy atom. The Hall–Kier alpha value is -0.610. The minimum Gasteiger partial charge on any atom is -0.389 e. The molecule has 0 bridgehead atoms. The van der Waals surface area contributed by atoms with Gasteiger partial charge in [-0.25, -0.2) is 0 Å². The molecule has 0 radical (unpaired) electrons. The molecule has 4 heteroatoms. The highest BCUT2D eigenvalue weighted by molar-refractivity contribution is 6.30. The minimum atomic E-state index is -0.449. The third-order valence-corrected chi connectivity index (χ3v) is 3.57. The van der Waals surface area contributed by atoms with Crippen molar-refractivity contribution in [3.05, 3.63) is 34.9 Å². The number of ether oxygens (including phenoxy) is 1. The number of rotatable bonds is 8. The van der Waals surface area contributed by atoms with Gasteiger partial charge in [-0.2, -0.15) is 0 Å². The molecule has 0 saturated heterocycles. The lowest BCUT2D eigenvalue weighted by Gasteiger charge is -2.27. The molecule has 0 aromatic heterocycles. The number of aliphatic hydroxyl groups excluding tert-OH is 1. The van der Waals surface area contributed by atoms with Crippen LogP contribution in [0, 0.1) is 0 Å². The molecule has 114 valence electrons. The van der Waals surface area contributed by atoms with Gasteiger partial charge in [0.25, 0.3) is 0 Å². The second kappa shape index (κ2) is 8.63. The fraction of sp³-hybridized carbons (Fsp3) is 0.625. The number of benzene rings is 1. The van der Waals surface area contributed by atoms with Gasteiger partial charge in [0, 0.05) is 17.6 Å². The second-order valence-electron chi connectivity index (χ2n) is 5.66. The SMILES string of the molecule is CC(C)OCC(O)CN(C)C(C)Cc1ccc(Cl)cc1. The molecule has 0 aliphatic carbocycles. The first kappa shape index (κ1) is 17.4. The zero-order chi connectivity index (χ0) is 15.1. The van der Waals surface area contributed by atoms with E-state index in [1.165, 1.54) is 5.56 Å². The van der Waals surface area contributed by atoms with E-state index in [0.29, 0.717) is 19.2 Å². The molecule has 2 unspecified atom stereocenters. The van der Waals surface area contributed by atoms with E-state index >= 15 is 0 Å². The number of nitrogens with zero attached hydrogens (tertiary/aromatic N) is 1. The van der Waals surface area contributed by atoms with Crippen molar-refractivity contribution in [3.63, 3.8) is 0 Å². The lowest BCUT2D eigenvalue weighted by atomic mass is 10.1. The van der Waals surface area contributed by atoms with Gasteiger partial charge < -0.3 is 14.7 Å². The van der Waals surface area contributed by atoms with E-state index in [4.69, 9.17) is 16.3 Å². The van der Waals surface area contributed by atoms with E-state index in [2.05, 4.69) is 11.8 Å². The third-order valence-electron chi connectivity index (χ3n) is 3.32. The maximum atomic E-state index is 9.94. The van der Waals surface area contributed by atoms with Crippen LogP contribution in [0.25, 0.3) is 0 Å². The van der Waals surface area contributed by atoms with E-state index in [1.54, 1.807) is 0 Å². The van der Waals surface area contributed by atoms with Gasteiger partial charge >= 0.3 is 0 Å². The second-order valence-corrected chi connectivity index (χ2v) is 6.09. The standard InChI is InChI=1S/C16H26ClNO2/c1-12(2)20-11-16(19)10-18(4)13(3)9-14-5-7-15(17)8-6-14/h5-8,12-13,16,19H,9-11H2,1-4H3. The first-order valence-corrected chi connectivity index (χ1v) is 7.50. The first-order chi connectivity index (χ1) is 9.38. The number of aliphatic hydroxyl groups is 1. The molecule has 1 rings (SSSR count). The zero-order valence-electron chi connectivity index (χ0n) is 12.8. The van der Waals surface area contributed by atoms with Gasteiger partial charge in [0.2, 0.25) is 0 Å². The Morgan fingerprint density at radius 2 is 1.80 bits per heavy atom. The van der Waals surface area contributed by atoms with Gasteiger partial charge in [-0.05, 0) is 51.9 Å². The summed E-state index contributed by atoms with van der Waals surface area (Å²) in [4.78, 5) is 2.16. The molecule has 0 saturated carbocycles. The average molecular weight is 300 g/mol. The summed E-state index contributed by atoms with van der Waals surface area (Å²) in [6.07, 6.45) is 0.641. The van der Waals surface area contributed by atoms with Gasteiger partial charge in [0.15, 0.2) is 0 Å². The highest BCUT2D eigenvalue weighted by Crippen LogP contribution is 2.13. The van der Waals surface area contributed by atoms with Crippen LogP contribution in [-0.2, 0) is 11.2 Å². The maximum absolute atomic E-state index is 9.94. The Labute approximate surface area is 127 Å². The molecule has 0 heterocycles. The van der Waals surface area contributed by atoms with E-state index in [1.807, 2.05) is 45.2 Å². The van der Waals surface area contributed by atoms with Crippen molar-refractivity contribution in [1.29, 1.82) is 0 Å². The van der Waals surface area contributed by atoms with Crippen molar-refractivity contribution in [3.8, 4) is 0 Å². The van der Waals surface area contributed by atoms with Crippen LogP contribution in [0.15, 0.2) is 24.3 Å². The minimum absolute atomic E-state index is 0.154. The molecule has 2 atom stereocenters. The Balaban J connectivity index is 2.38.